The quantitative estimate of drug-likeness (QED) is 0.505. The first-order chi connectivity index (χ1) is 9.08. The molecule has 0 unspecified atom stereocenters. The fourth-order valence-corrected chi connectivity index (χ4v) is 2.13. The van der Waals surface area contributed by atoms with Crippen molar-refractivity contribution in [3.05, 3.63) is 27.8 Å². The van der Waals surface area contributed by atoms with E-state index in [2.05, 4.69) is 33.2 Å². The molecule has 1 aromatic rings. The molecule has 0 atom stereocenters. The van der Waals surface area contributed by atoms with Gasteiger partial charge in [0, 0.05) is 22.2 Å². The highest BCUT2D eigenvalue weighted by molar-refractivity contribution is 14.1. The number of halogens is 1. The second kappa shape index (κ2) is 8.73. The van der Waals surface area contributed by atoms with Gasteiger partial charge >= 0.3 is 6.03 Å². The largest absolute Gasteiger partial charge is 0.352 e. The van der Waals surface area contributed by atoms with E-state index in [1.165, 1.54) is 0 Å². The zero-order valence-electron chi connectivity index (χ0n) is 10.6. The predicted octanol–water partition coefficient (Wildman–Crippen LogP) is 2.46. The molecule has 3 amide bonds. The predicted molar refractivity (Wildman–Crippen MR) is 83.8 cm³/mol. The monoisotopic (exact) mass is 375 g/mol. The summed E-state index contributed by atoms with van der Waals surface area (Å²) in [5.41, 5.74) is 5.76. The SMILES string of the molecule is NC(=O)NCCCCCC(=O)Nc1cccc(I)c1. The Kier molecular flexibility index (Phi) is 7.24. The Bertz CT molecular complexity index is 438. The first-order valence-electron chi connectivity index (χ1n) is 6.16. The Morgan fingerprint density at radius 1 is 1.21 bits per heavy atom. The van der Waals surface area contributed by atoms with Crippen LogP contribution in [0.2, 0.25) is 0 Å². The number of hydrogen-bond donors (Lipinski definition) is 3. The minimum atomic E-state index is -0.503. The van der Waals surface area contributed by atoms with Gasteiger partial charge < -0.3 is 16.4 Å². The van der Waals surface area contributed by atoms with Gasteiger partial charge in [-0.05, 0) is 53.6 Å². The topological polar surface area (TPSA) is 84.2 Å². The van der Waals surface area contributed by atoms with Crippen LogP contribution in [0.15, 0.2) is 24.3 Å². The standard InChI is InChI=1S/C13H18IN3O2/c14-10-5-4-6-11(9-10)17-12(18)7-2-1-3-8-16-13(15)19/h4-6,9H,1-3,7-8H2,(H,17,18)(H3,15,16,19). The average molecular weight is 375 g/mol. The summed E-state index contributed by atoms with van der Waals surface area (Å²) in [5.74, 6) is 0.0184. The lowest BCUT2D eigenvalue weighted by molar-refractivity contribution is -0.116. The van der Waals surface area contributed by atoms with Gasteiger partial charge in [0.2, 0.25) is 5.91 Å². The van der Waals surface area contributed by atoms with Gasteiger partial charge in [-0.2, -0.15) is 0 Å². The number of benzene rings is 1. The van der Waals surface area contributed by atoms with Gasteiger partial charge in [0.25, 0.3) is 0 Å². The van der Waals surface area contributed by atoms with Crippen molar-refractivity contribution < 1.29 is 9.59 Å². The van der Waals surface area contributed by atoms with Gasteiger partial charge in [-0.25, -0.2) is 4.79 Å². The van der Waals surface area contributed by atoms with Crippen LogP contribution in [-0.4, -0.2) is 18.5 Å². The number of carbonyl (C=O) groups is 2. The maximum atomic E-state index is 11.7. The number of hydrogen-bond acceptors (Lipinski definition) is 2. The van der Waals surface area contributed by atoms with Crippen LogP contribution in [0, 0.1) is 3.57 Å². The number of anilines is 1. The van der Waals surface area contributed by atoms with Crippen LogP contribution in [0.4, 0.5) is 10.5 Å². The van der Waals surface area contributed by atoms with E-state index in [0.29, 0.717) is 13.0 Å². The van der Waals surface area contributed by atoms with Gasteiger partial charge in [-0.3, -0.25) is 4.79 Å². The summed E-state index contributed by atoms with van der Waals surface area (Å²) >= 11 is 2.21. The summed E-state index contributed by atoms with van der Waals surface area (Å²) in [6, 6.07) is 7.18. The number of amides is 3. The zero-order chi connectivity index (χ0) is 14.1. The van der Waals surface area contributed by atoms with Crippen LogP contribution in [-0.2, 0) is 4.79 Å². The van der Waals surface area contributed by atoms with E-state index in [0.717, 1.165) is 28.5 Å². The normalized spacial score (nSPS) is 9.95. The lowest BCUT2D eigenvalue weighted by Gasteiger charge is -2.05. The summed E-state index contributed by atoms with van der Waals surface area (Å²) in [6.45, 7) is 0.563. The number of unbranched alkanes of at least 4 members (excludes halogenated alkanes) is 2. The number of urea groups is 1. The highest BCUT2D eigenvalue weighted by Gasteiger charge is 2.02. The number of nitrogens with one attached hydrogen (secondary N) is 2. The highest BCUT2D eigenvalue weighted by Crippen LogP contribution is 2.13. The van der Waals surface area contributed by atoms with Crippen molar-refractivity contribution >= 4 is 40.2 Å². The van der Waals surface area contributed by atoms with Crippen molar-refractivity contribution in [3.8, 4) is 0 Å². The highest BCUT2D eigenvalue weighted by atomic mass is 127. The van der Waals surface area contributed by atoms with Gasteiger partial charge in [-0.1, -0.05) is 12.5 Å². The van der Waals surface area contributed by atoms with E-state index in [1.54, 1.807) is 0 Å². The molecule has 1 aromatic carbocycles. The molecule has 0 saturated carbocycles. The first kappa shape index (κ1) is 15.7. The van der Waals surface area contributed by atoms with Crippen molar-refractivity contribution in [3.63, 3.8) is 0 Å². The van der Waals surface area contributed by atoms with Crippen LogP contribution in [0.5, 0.6) is 0 Å². The van der Waals surface area contributed by atoms with E-state index in [9.17, 15) is 9.59 Å². The Morgan fingerprint density at radius 3 is 2.68 bits per heavy atom. The fraction of sp³-hybridized carbons (Fsp3) is 0.385. The van der Waals surface area contributed by atoms with E-state index in [1.807, 2.05) is 24.3 Å². The van der Waals surface area contributed by atoms with Crippen molar-refractivity contribution in [2.24, 2.45) is 5.73 Å². The smallest absolute Gasteiger partial charge is 0.312 e. The molecule has 5 nitrogen and oxygen atoms in total. The molecule has 0 heterocycles. The first-order valence-corrected chi connectivity index (χ1v) is 7.24. The third-order valence-corrected chi connectivity index (χ3v) is 3.16. The molecular formula is C13H18IN3O2. The summed E-state index contributed by atoms with van der Waals surface area (Å²) in [7, 11) is 0. The van der Waals surface area contributed by atoms with Gasteiger partial charge in [0.1, 0.15) is 0 Å². The van der Waals surface area contributed by atoms with Gasteiger partial charge in [-0.15, -0.1) is 0 Å². The molecule has 0 radical (unpaired) electrons. The molecular weight excluding hydrogens is 357 g/mol. The minimum Gasteiger partial charge on any atom is -0.352 e. The molecule has 0 saturated heterocycles. The van der Waals surface area contributed by atoms with Crippen molar-refractivity contribution in [1.82, 2.24) is 5.32 Å². The van der Waals surface area contributed by atoms with Gasteiger partial charge in [0.15, 0.2) is 0 Å². The summed E-state index contributed by atoms with van der Waals surface area (Å²) < 4.78 is 1.09. The Labute approximate surface area is 126 Å². The van der Waals surface area contributed by atoms with E-state index in [-0.39, 0.29) is 5.91 Å². The average Bonchev–Trinajstić information content (AvgIpc) is 2.33. The third kappa shape index (κ3) is 7.66. The van der Waals surface area contributed by atoms with Crippen LogP contribution in [0.3, 0.4) is 0 Å². The molecule has 6 heteroatoms. The van der Waals surface area contributed by atoms with E-state index in [4.69, 9.17) is 5.73 Å². The molecule has 0 aliphatic carbocycles. The number of carbonyl (C=O) groups excluding carboxylic acids is 2. The summed E-state index contributed by atoms with van der Waals surface area (Å²) in [4.78, 5) is 22.1. The van der Waals surface area contributed by atoms with Crippen molar-refractivity contribution in [2.75, 3.05) is 11.9 Å². The third-order valence-electron chi connectivity index (χ3n) is 2.49. The molecule has 0 bridgehead atoms. The molecule has 0 aromatic heterocycles. The van der Waals surface area contributed by atoms with Crippen LogP contribution < -0.4 is 16.4 Å². The summed E-state index contributed by atoms with van der Waals surface area (Å²) in [5, 5.41) is 5.38. The number of nitrogens with two attached hydrogens (primary N) is 1. The van der Waals surface area contributed by atoms with E-state index < -0.39 is 6.03 Å². The maximum Gasteiger partial charge on any atom is 0.312 e. The second-order valence-corrected chi connectivity index (χ2v) is 5.41. The minimum absolute atomic E-state index is 0.0184. The molecule has 0 fully saturated rings. The van der Waals surface area contributed by atoms with Crippen molar-refractivity contribution in [1.29, 1.82) is 0 Å². The Balaban J connectivity index is 2.13. The molecule has 0 aliphatic rings. The van der Waals surface area contributed by atoms with E-state index >= 15 is 0 Å². The maximum absolute atomic E-state index is 11.7. The Morgan fingerprint density at radius 2 is 2.00 bits per heavy atom. The molecule has 0 spiro atoms. The molecule has 104 valence electrons. The van der Waals surface area contributed by atoms with Gasteiger partial charge in [0.05, 0.1) is 0 Å². The molecule has 1 rings (SSSR count). The van der Waals surface area contributed by atoms with Crippen LogP contribution in [0.1, 0.15) is 25.7 Å². The molecule has 4 N–H and O–H groups in total. The number of rotatable bonds is 7. The number of primary amides is 1. The van der Waals surface area contributed by atoms with Crippen LogP contribution in [0.25, 0.3) is 0 Å². The summed E-state index contributed by atoms with van der Waals surface area (Å²) in [6.07, 6.45) is 3.01. The molecule has 19 heavy (non-hydrogen) atoms. The lowest BCUT2D eigenvalue weighted by Crippen LogP contribution is -2.29. The zero-order valence-corrected chi connectivity index (χ0v) is 12.8. The second-order valence-electron chi connectivity index (χ2n) is 4.16. The lowest BCUT2D eigenvalue weighted by atomic mass is 10.2. The van der Waals surface area contributed by atoms with Crippen LogP contribution >= 0.6 is 22.6 Å². The molecule has 0 aliphatic heterocycles. The van der Waals surface area contributed by atoms with Crippen molar-refractivity contribution in [2.45, 2.75) is 25.7 Å². The fourth-order valence-electron chi connectivity index (χ4n) is 1.59. The Hall–Kier alpha value is -1.31.